The maximum Gasteiger partial charge on any atom is 0.253 e. The van der Waals surface area contributed by atoms with Crippen LogP contribution in [0.3, 0.4) is 0 Å². The number of hydrogen-bond acceptors (Lipinski definition) is 4. The largest absolute Gasteiger partial charge is 0.507 e. The molecule has 0 radical (unpaired) electrons. The molecule has 6 nitrogen and oxygen atoms in total. The van der Waals surface area contributed by atoms with Crippen molar-refractivity contribution in [3.63, 3.8) is 0 Å². The topological polar surface area (TPSA) is 90.9 Å². The van der Waals surface area contributed by atoms with E-state index in [1.807, 2.05) is 37.3 Å². The Labute approximate surface area is 155 Å². The molecule has 0 unspecified atom stereocenters. The van der Waals surface area contributed by atoms with Gasteiger partial charge >= 0.3 is 0 Å². The third-order valence-electron chi connectivity index (χ3n) is 4.40. The van der Waals surface area contributed by atoms with E-state index in [9.17, 15) is 9.90 Å². The first-order valence-corrected chi connectivity index (χ1v) is 8.59. The summed E-state index contributed by atoms with van der Waals surface area (Å²) >= 11 is 0. The van der Waals surface area contributed by atoms with Gasteiger partial charge in [-0.3, -0.25) is 4.79 Å². The Kier molecular flexibility index (Phi) is 4.30. The molecule has 1 amide bonds. The number of phenolic OH excluding ortho intramolecular Hbond substituents is 1. The fraction of sp³-hybridized carbons (Fsp3) is 0.0952. The molecule has 0 atom stereocenters. The zero-order valence-corrected chi connectivity index (χ0v) is 14.7. The second-order valence-corrected chi connectivity index (χ2v) is 6.38. The van der Waals surface area contributed by atoms with E-state index >= 15 is 0 Å². The Bertz CT molecular complexity index is 1130. The third-order valence-corrected chi connectivity index (χ3v) is 4.40. The Balaban J connectivity index is 1.63. The molecular formula is C21H18N4O2. The summed E-state index contributed by atoms with van der Waals surface area (Å²) in [6, 6.07) is 16.7. The summed E-state index contributed by atoms with van der Waals surface area (Å²) in [7, 11) is 0. The van der Waals surface area contributed by atoms with Gasteiger partial charge in [0.1, 0.15) is 5.75 Å². The number of rotatable bonds is 4. The molecule has 4 aromatic rings. The SMILES string of the molecule is Cc1cccc(CNC(=O)c2c[nH]c3nnc(-c4ccccc4O)cc23)c1. The van der Waals surface area contributed by atoms with Crippen molar-refractivity contribution in [1.82, 2.24) is 20.5 Å². The first-order chi connectivity index (χ1) is 13.1. The average molecular weight is 358 g/mol. The molecule has 0 spiro atoms. The highest BCUT2D eigenvalue weighted by Gasteiger charge is 2.15. The van der Waals surface area contributed by atoms with Gasteiger partial charge < -0.3 is 15.4 Å². The summed E-state index contributed by atoms with van der Waals surface area (Å²) < 4.78 is 0. The molecule has 0 aliphatic carbocycles. The van der Waals surface area contributed by atoms with Crippen LogP contribution >= 0.6 is 0 Å². The summed E-state index contributed by atoms with van der Waals surface area (Å²) in [4.78, 5) is 15.6. The van der Waals surface area contributed by atoms with Crippen LogP contribution in [0.4, 0.5) is 0 Å². The van der Waals surface area contributed by atoms with Gasteiger partial charge in [0, 0.05) is 23.7 Å². The van der Waals surface area contributed by atoms with E-state index in [1.54, 1.807) is 30.5 Å². The number of aromatic hydroxyl groups is 1. The number of phenols is 1. The molecule has 0 fully saturated rings. The highest BCUT2D eigenvalue weighted by molar-refractivity contribution is 6.06. The lowest BCUT2D eigenvalue weighted by molar-refractivity contribution is 0.0952. The molecule has 0 aliphatic rings. The second kappa shape index (κ2) is 6.92. The van der Waals surface area contributed by atoms with Crippen molar-refractivity contribution in [2.24, 2.45) is 0 Å². The summed E-state index contributed by atoms with van der Waals surface area (Å²) in [6.45, 7) is 2.46. The summed E-state index contributed by atoms with van der Waals surface area (Å²) in [5, 5.41) is 21.9. The minimum Gasteiger partial charge on any atom is -0.507 e. The molecule has 134 valence electrons. The van der Waals surface area contributed by atoms with Crippen LogP contribution in [0.5, 0.6) is 5.75 Å². The Hall–Kier alpha value is -3.67. The molecule has 0 aliphatic heterocycles. The van der Waals surface area contributed by atoms with Crippen molar-refractivity contribution >= 4 is 16.9 Å². The van der Waals surface area contributed by atoms with Crippen molar-refractivity contribution < 1.29 is 9.90 Å². The Morgan fingerprint density at radius 2 is 1.96 bits per heavy atom. The van der Waals surface area contributed by atoms with Crippen LogP contribution in [0.2, 0.25) is 0 Å². The summed E-state index contributed by atoms with van der Waals surface area (Å²) in [5.74, 6) is -0.0777. The molecule has 0 saturated heterocycles. The summed E-state index contributed by atoms with van der Waals surface area (Å²) in [5.41, 5.74) is 4.28. The zero-order chi connectivity index (χ0) is 18.8. The number of fused-ring (bicyclic) bond motifs is 1. The van der Waals surface area contributed by atoms with Crippen LogP contribution in [0.1, 0.15) is 21.5 Å². The van der Waals surface area contributed by atoms with E-state index < -0.39 is 0 Å². The fourth-order valence-electron chi connectivity index (χ4n) is 3.03. The number of aryl methyl sites for hydroxylation is 1. The number of carbonyl (C=O) groups excluding carboxylic acids is 1. The monoisotopic (exact) mass is 358 g/mol. The van der Waals surface area contributed by atoms with Crippen molar-refractivity contribution in [2.75, 3.05) is 0 Å². The molecule has 2 aromatic carbocycles. The molecule has 27 heavy (non-hydrogen) atoms. The molecule has 2 aromatic heterocycles. The number of nitrogens with one attached hydrogen (secondary N) is 2. The van der Waals surface area contributed by atoms with Crippen molar-refractivity contribution in [3.05, 3.63) is 77.5 Å². The number of hydrogen-bond donors (Lipinski definition) is 3. The summed E-state index contributed by atoms with van der Waals surface area (Å²) in [6.07, 6.45) is 1.62. The lowest BCUT2D eigenvalue weighted by atomic mass is 10.1. The van der Waals surface area contributed by atoms with Gasteiger partial charge in [0.25, 0.3) is 5.91 Å². The predicted molar refractivity (Wildman–Crippen MR) is 103 cm³/mol. The number of benzene rings is 2. The van der Waals surface area contributed by atoms with Crippen LogP contribution in [-0.4, -0.2) is 26.2 Å². The Morgan fingerprint density at radius 1 is 1.11 bits per heavy atom. The lowest BCUT2D eigenvalue weighted by Gasteiger charge is -2.06. The van der Waals surface area contributed by atoms with E-state index in [4.69, 9.17) is 0 Å². The molecular weight excluding hydrogens is 340 g/mol. The van der Waals surface area contributed by atoms with Crippen molar-refractivity contribution in [1.29, 1.82) is 0 Å². The number of carbonyl (C=O) groups is 1. The molecule has 0 saturated carbocycles. The van der Waals surface area contributed by atoms with Gasteiger partial charge in [-0.25, -0.2) is 0 Å². The van der Waals surface area contributed by atoms with E-state index in [2.05, 4.69) is 20.5 Å². The lowest BCUT2D eigenvalue weighted by Crippen LogP contribution is -2.22. The normalized spacial score (nSPS) is 10.9. The number of nitrogens with zero attached hydrogens (tertiary/aromatic N) is 2. The molecule has 0 bridgehead atoms. The number of H-pyrrole nitrogens is 1. The quantitative estimate of drug-likeness (QED) is 0.520. The smallest absolute Gasteiger partial charge is 0.253 e. The first-order valence-electron chi connectivity index (χ1n) is 8.59. The van der Waals surface area contributed by atoms with Gasteiger partial charge in [0.05, 0.1) is 11.3 Å². The van der Waals surface area contributed by atoms with Crippen LogP contribution in [-0.2, 0) is 6.54 Å². The van der Waals surface area contributed by atoms with Gasteiger partial charge in [-0.15, -0.1) is 10.2 Å². The minimum atomic E-state index is -0.195. The van der Waals surface area contributed by atoms with Crippen LogP contribution in [0.25, 0.3) is 22.3 Å². The van der Waals surface area contributed by atoms with Gasteiger partial charge in [0.2, 0.25) is 0 Å². The maximum absolute atomic E-state index is 12.7. The standard InChI is InChI=1S/C21H18N4O2/c1-13-5-4-6-14(9-13)11-23-21(27)17-12-22-20-16(17)10-18(24-25-20)15-7-2-3-8-19(15)26/h2-10,12,26H,11H2,1H3,(H,22,25)(H,23,27). The van der Waals surface area contributed by atoms with Crippen LogP contribution in [0.15, 0.2) is 60.8 Å². The molecule has 2 heterocycles. The molecule has 3 N–H and O–H groups in total. The number of amides is 1. The van der Waals surface area contributed by atoms with Gasteiger partial charge in [0.15, 0.2) is 5.65 Å². The highest BCUT2D eigenvalue weighted by atomic mass is 16.3. The van der Waals surface area contributed by atoms with E-state index in [0.29, 0.717) is 34.4 Å². The number of aromatic amines is 1. The van der Waals surface area contributed by atoms with Gasteiger partial charge in [-0.1, -0.05) is 42.0 Å². The average Bonchev–Trinajstić information content (AvgIpc) is 3.10. The number of aromatic nitrogens is 3. The van der Waals surface area contributed by atoms with E-state index in [1.165, 1.54) is 0 Å². The predicted octanol–water partition coefficient (Wildman–Crippen LogP) is 3.57. The van der Waals surface area contributed by atoms with Gasteiger partial charge in [-0.2, -0.15) is 0 Å². The first kappa shape index (κ1) is 16.8. The van der Waals surface area contributed by atoms with E-state index in [-0.39, 0.29) is 11.7 Å². The fourth-order valence-corrected chi connectivity index (χ4v) is 3.03. The minimum absolute atomic E-state index is 0.118. The zero-order valence-electron chi connectivity index (χ0n) is 14.7. The third kappa shape index (κ3) is 3.37. The Morgan fingerprint density at radius 3 is 2.78 bits per heavy atom. The second-order valence-electron chi connectivity index (χ2n) is 6.38. The highest BCUT2D eigenvalue weighted by Crippen LogP contribution is 2.29. The molecule has 6 heteroatoms. The van der Waals surface area contributed by atoms with Crippen molar-refractivity contribution in [2.45, 2.75) is 13.5 Å². The van der Waals surface area contributed by atoms with Crippen LogP contribution < -0.4 is 5.32 Å². The number of para-hydroxylation sites is 1. The van der Waals surface area contributed by atoms with Crippen molar-refractivity contribution in [3.8, 4) is 17.0 Å². The molecule has 4 rings (SSSR count). The van der Waals surface area contributed by atoms with E-state index in [0.717, 1.165) is 11.1 Å². The van der Waals surface area contributed by atoms with Gasteiger partial charge in [-0.05, 0) is 30.7 Å². The maximum atomic E-state index is 12.7. The van der Waals surface area contributed by atoms with Crippen LogP contribution in [0, 0.1) is 6.92 Å².